The van der Waals surface area contributed by atoms with Crippen molar-refractivity contribution in [2.45, 2.75) is 62.4 Å². The first kappa shape index (κ1) is 26.9. The molecule has 0 spiro atoms. The second-order valence-electron chi connectivity index (χ2n) is 7.66. The number of hydrogen-bond donors (Lipinski definition) is 7. The fourth-order valence-corrected chi connectivity index (χ4v) is 4.45. The molecule has 1 aromatic carbocycles. The molecule has 1 aromatic rings. The minimum absolute atomic E-state index is 0.0850. The minimum atomic E-state index is -5.30. The van der Waals surface area contributed by atoms with Crippen LogP contribution in [0.5, 0.6) is 0 Å². The van der Waals surface area contributed by atoms with E-state index in [1.807, 2.05) is 5.32 Å². The summed E-state index contributed by atoms with van der Waals surface area (Å²) < 4.78 is 12.2. The van der Waals surface area contributed by atoms with Crippen molar-refractivity contribution in [1.82, 2.24) is 5.32 Å². The molecule has 4 atom stereocenters. The number of carbonyl (C=O) groups is 3. The van der Waals surface area contributed by atoms with Crippen LogP contribution >= 0.6 is 7.60 Å². The monoisotopic (exact) mass is 458 g/mol. The van der Waals surface area contributed by atoms with Crippen LogP contribution in [-0.2, 0) is 25.4 Å². The van der Waals surface area contributed by atoms with E-state index in [0.717, 1.165) is 12.5 Å². The van der Waals surface area contributed by atoms with Gasteiger partial charge < -0.3 is 37.4 Å². The van der Waals surface area contributed by atoms with Gasteiger partial charge in [-0.05, 0) is 25.3 Å². The molecule has 11 nitrogen and oxygen atoms in total. The van der Waals surface area contributed by atoms with E-state index in [1.54, 1.807) is 37.3 Å². The van der Waals surface area contributed by atoms with Crippen LogP contribution in [0, 0.1) is 0 Å². The summed E-state index contributed by atoms with van der Waals surface area (Å²) in [5.41, 5.74) is 16.3. The number of carboxylic acid groups (broad SMARTS) is 1. The Morgan fingerprint density at radius 3 is 2.13 bits per heavy atom. The van der Waals surface area contributed by atoms with Gasteiger partial charge in [-0.2, -0.15) is 0 Å². The Morgan fingerprint density at radius 1 is 1.16 bits per heavy atom. The lowest BCUT2D eigenvalue weighted by molar-refractivity contribution is -0.140. The van der Waals surface area contributed by atoms with Gasteiger partial charge in [0.2, 0.25) is 5.91 Å². The van der Waals surface area contributed by atoms with E-state index >= 15 is 0 Å². The minimum Gasteiger partial charge on any atom is -0.481 e. The van der Waals surface area contributed by atoms with Crippen molar-refractivity contribution < 1.29 is 33.8 Å². The number of Topliss-reactive ketones (excluding diaryl/α,β-unsaturated/α-hetero) is 1. The van der Waals surface area contributed by atoms with Gasteiger partial charge in [0.05, 0.1) is 12.5 Å². The second-order valence-corrected chi connectivity index (χ2v) is 9.55. The molecule has 0 heterocycles. The number of nitrogens with one attached hydrogen (secondary N) is 1. The number of carboxylic acids is 1. The molecular formula is C19H31N4O7P. The number of benzene rings is 1. The SMILES string of the molecule is CCC[C@](N)(C(=O)NC(CC(=O)O)(C(C)N)P(=O)(O)O)C(=O)[C@@H](N)Cc1ccccc1. The first-order valence-electron chi connectivity index (χ1n) is 9.69. The molecule has 1 rings (SSSR count). The van der Waals surface area contributed by atoms with Crippen LogP contribution in [0.2, 0.25) is 0 Å². The molecule has 12 heteroatoms. The van der Waals surface area contributed by atoms with Gasteiger partial charge >= 0.3 is 13.6 Å². The average Bonchev–Trinajstić information content (AvgIpc) is 2.66. The summed E-state index contributed by atoms with van der Waals surface area (Å²) in [6.07, 6.45) is -0.994. The van der Waals surface area contributed by atoms with Crippen LogP contribution in [0.15, 0.2) is 30.3 Å². The highest BCUT2D eigenvalue weighted by Gasteiger charge is 2.56. The third kappa shape index (κ3) is 6.19. The summed E-state index contributed by atoms with van der Waals surface area (Å²) in [6.45, 7) is 2.80. The van der Waals surface area contributed by atoms with E-state index in [2.05, 4.69) is 0 Å². The predicted molar refractivity (Wildman–Crippen MR) is 114 cm³/mol. The molecular weight excluding hydrogens is 427 g/mol. The van der Waals surface area contributed by atoms with E-state index in [1.165, 1.54) is 0 Å². The number of rotatable bonds is 12. The number of nitrogens with two attached hydrogens (primary N) is 3. The molecule has 174 valence electrons. The predicted octanol–water partition coefficient (Wildman–Crippen LogP) is -0.565. The molecule has 0 saturated carbocycles. The highest BCUT2D eigenvalue weighted by molar-refractivity contribution is 7.53. The van der Waals surface area contributed by atoms with Crippen LogP contribution in [-0.4, -0.2) is 55.5 Å². The standard InChI is InChI=1S/C19H31N4O7P/c1-3-9-18(22,16(26)14(21)10-13-7-5-4-6-8-13)17(27)23-19(12(2)20,11-15(24)25)31(28,29)30/h4-8,12,14H,3,9-11,20-22H2,1-2H3,(H,23,27)(H,24,25)(H2,28,29,30)/t12?,14-,18+,19?/m0/s1. The third-order valence-electron chi connectivity index (χ3n) is 5.15. The van der Waals surface area contributed by atoms with Crippen molar-refractivity contribution >= 4 is 25.3 Å². The summed E-state index contributed by atoms with van der Waals surface area (Å²) >= 11 is 0. The van der Waals surface area contributed by atoms with Gasteiger partial charge in [-0.1, -0.05) is 43.7 Å². The third-order valence-corrected chi connectivity index (χ3v) is 6.86. The molecule has 0 radical (unpaired) electrons. The summed E-state index contributed by atoms with van der Waals surface area (Å²) in [5.74, 6) is -3.69. The van der Waals surface area contributed by atoms with Crippen molar-refractivity contribution in [3.63, 3.8) is 0 Å². The summed E-state index contributed by atoms with van der Waals surface area (Å²) in [6, 6.07) is 6.12. The van der Waals surface area contributed by atoms with Gasteiger partial charge in [-0.3, -0.25) is 18.9 Å². The van der Waals surface area contributed by atoms with Gasteiger partial charge in [0, 0.05) is 6.04 Å². The Balaban J connectivity index is 3.31. The van der Waals surface area contributed by atoms with Gasteiger partial charge in [0.15, 0.2) is 16.6 Å². The lowest BCUT2D eigenvalue weighted by Crippen LogP contribution is -2.69. The van der Waals surface area contributed by atoms with Crippen LogP contribution in [0.4, 0.5) is 0 Å². The van der Waals surface area contributed by atoms with Crippen LogP contribution in [0.1, 0.15) is 38.7 Å². The topological polar surface area (TPSA) is 219 Å². The van der Waals surface area contributed by atoms with E-state index < -0.39 is 54.6 Å². The van der Waals surface area contributed by atoms with Crippen LogP contribution in [0.3, 0.4) is 0 Å². The molecule has 10 N–H and O–H groups in total. The van der Waals surface area contributed by atoms with Gasteiger partial charge in [0.1, 0.15) is 0 Å². The number of amides is 1. The summed E-state index contributed by atoms with van der Waals surface area (Å²) in [4.78, 5) is 57.1. The average molecular weight is 458 g/mol. The zero-order chi connectivity index (χ0) is 24.0. The van der Waals surface area contributed by atoms with Gasteiger partial charge in [-0.15, -0.1) is 0 Å². The lowest BCUT2D eigenvalue weighted by atomic mass is 9.83. The van der Waals surface area contributed by atoms with E-state index in [-0.39, 0.29) is 19.3 Å². The van der Waals surface area contributed by atoms with Crippen molar-refractivity contribution in [3.8, 4) is 0 Å². The summed E-state index contributed by atoms with van der Waals surface area (Å²) in [7, 11) is -5.30. The molecule has 0 bridgehead atoms. The lowest BCUT2D eigenvalue weighted by Gasteiger charge is -2.40. The molecule has 0 fully saturated rings. The fourth-order valence-electron chi connectivity index (χ4n) is 3.33. The maximum atomic E-state index is 13.1. The highest BCUT2D eigenvalue weighted by Crippen LogP contribution is 2.52. The Bertz CT molecular complexity index is 845. The molecule has 0 aromatic heterocycles. The molecule has 2 unspecified atom stereocenters. The summed E-state index contributed by atoms with van der Waals surface area (Å²) in [5, 5.41) is 8.54. The highest BCUT2D eigenvalue weighted by atomic mass is 31.2. The largest absolute Gasteiger partial charge is 0.481 e. The number of ketones is 1. The quantitative estimate of drug-likeness (QED) is 0.156. The molecule has 0 aliphatic carbocycles. The maximum absolute atomic E-state index is 13.1. The molecule has 1 amide bonds. The Morgan fingerprint density at radius 2 is 1.71 bits per heavy atom. The first-order valence-corrected chi connectivity index (χ1v) is 11.3. The van der Waals surface area contributed by atoms with E-state index in [9.17, 15) is 33.8 Å². The van der Waals surface area contributed by atoms with Crippen LogP contribution in [0.25, 0.3) is 0 Å². The van der Waals surface area contributed by atoms with Crippen molar-refractivity contribution in [3.05, 3.63) is 35.9 Å². The van der Waals surface area contributed by atoms with Gasteiger partial charge in [-0.25, -0.2) is 0 Å². The Labute approximate surface area is 180 Å². The fraction of sp³-hybridized carbons (Fsp3) is 0.526. The first-order chi connectivity index (χ1) is 14.2. The number of hydrogen-bond acceptors (Lipinski definition) is 7. The van der Waals surface area contributed by atoms with Crippen molar-refractivity contribution in [1.29, 1.82) is 0 Å². The number of carbonyl (C=O) groups excluding carboxylic acids is 2. The van der Waals surface area contributed by atoms with Crippen molar-refractivity contribution in [2.75, 3.05) is 0 Å². The molecule has 0 aliphatic rings. The van der Waals surface area contributed by atoms with Crippen molar-refractivity contribution in [2.24, 2.45) is 17.2 Å². The zero-order valence-electron chi connectivity index (χ0n) is 17.5. The second kappa shape index (κ2) is 10.4. The van der Waals surface area contributed by atoms with E-state index in [0.29, 0.717) is 0 Å². The normalized spacial score (nSPS) is 17.6. The zero-order valence-corrected chi connectivity index (χ0v) is 18.4. The smallest absolute Gasteiger partial charge is 0.352 e. The maximum Gasteiger partial charge on any atom is 0.352 e. The Kier molecular flexibility index (Phi) is 9.06. The van der Waals surface area contributed by atoms with Gasteiger partial charge in [0.25, 0.3) is 0 Å². The van der Waals surface area contributed by atoms with Crippen LogP contribution < -0.4 is 22.5 Å². The molecule has 31 heavy (non-hydrogen) atoms. The van der Waals surface area contributed by atoms with E-state index in [4.69, 9.17) is 17.2 Å². The Hall–Kier alpha value is -2.14. The number of aliphatic carboxylic acids is 1. The molecule has 0 saturated heterocycles. The molecule has 0 aliphatic heterocycles.